The minimum absolute atomic E-state index is 0.0702. The molecule has 1 N–H and O–H groups in total. The van der Waals surface area contributed by atoms with Crippen molar-refractivity contribution in [3.05, 3.63) is 34.9 Å². The molecular formula is C15H18ClNO4S. The van der Waals surface area contributed by atoms with Crippen molar-refractivity contribution in [2.24, 2.45) is 11.3 Å². The lowest BCUT2D eigenvalue weighted by Crippen LogP contribution is -2.37. The standard InChI is InChI=1S/C15H18ClNO4S/c16-13-5-1-3-11(7-13)9-22(20,21)17-8-12-4-2-6-15(12,10-17)14(18)19/h1,3,5,7,12H,2,4,6,8-10H2,(H,18,19)/t12-,15+/m0/s1. The number of nitrogens with zero attached hydrogens (tertiary/aromatic N) is 1. The first-order valence-electron chi connectivity index (χ1n) is 7.29. The Bertz CT molecular complexity index is 705. The van der Waals surface area contributed by atoms with Crippen LogP contribution in [0.25, 0.3) is 0 Å². The Morgan fingerprint density at radius 1 is 1.45 bits per heavy atom. The van der Waals surface area contributed by atoms with E-state index in [4.69, 9.17) is 11.6 Å². The fourth-order valence-electron chi connectivity index (χ4n) is 3.73. The third-order valence-electron chi connectivity index (χ3n) is 4.90. The highest BCUT2D eigenvalue weighted by molar-refractivity contribution is 7.88. The zero-order valence-corrected chi connectivity index (χ0v) is 13.6. The van der Waals surface area contributed by atoms with Crippen LogP contribution in [0.5, 0.6) is 0 Å². The molecule has 22 heavy (non-hydrogen) atoms. The molecule has 7 heteroatoms. The number of rotatable bonds is 4. The fraction of sp³-hybridized carbons (Fsp3) is 0.533. The van der Waals surface area contributed by atoms with E-state index in [-0.39, 0.29) is 18.2 Å². The van der Waals surface area contributed by atoms with E-state index in [1.807, 2.05) is 0 Å². The molecular weight excluding hydrogens is 326 g/mol. The number of carbonyl (C=O) groups is 1. The summed E-state index contributed by atoms with van der Waals surface area (Å²) in [6, 6.07) is 6.75. The molecule has 2 aliphatic rings. The number of aliphatic carboxylic acids is 1. The monoisotopic (exact) mass is 343 g/mol. The van der Waals surface area contributed by atoms with Gasteiger partial charge in [-0.1, -0.05) is 30.2 Å². The Hall–Kier alpha value is -1.11. The van der Waals surface area contributed by atoms with Crippen LogP contribution in [-0.2, 0) is 20.6 Å². The Kier molecular flexibility index (Phi) is 3.95. The maximum atomic E-state index is 12.6. The van der Waals surface area contributed by atoms with Crippen LogP contribution in [0, 0.1) is 11.3 Å². The molecule has 1 aromatic carbocycles. The predicted molar refractivity (Wildman–Crippen MR) is 83.1 cm³/mol. The minimum Gasteiger partial charge on any atom is -0.481 e. The van der Waals surface area contributed by atoms with Gasteiger partial charge in [0.15, 0.2) is 0 Å². The number of hydrogen-bond acceptors (Lipinski definition) is 3. The van der Waals surface area contributed by atoms with E-state index >= 15 is 0 Å². The Morgan fingerprint density at radius 2 is 2.23 bits per heavy atom. The number of benzene rings is 1. The van der Waals surface area contributed by atoms with Crippen molar-refractivity contribution in [3.63, 3.8) is 0 Å². The van der Waals surface area contributed by atoms with Crippen LogP contribution in [0.3, 0.4) is 0 Å². The van der Waals surface area contributed by atoms with Crippen molar-refractivity contribution in [1.82, 2.24) is 4.31 Å². The topological polar surface area (TPSA) is 74.7 Å². The predicted octanol–water partition coefficient (Wildman–Crippen LogP) is 2.36. The number of carboxylic acids is 1. The molecule has 1 aliphatic heterocycles. The van der Waals surface area contributed by atoms with Crippen molar-refractivity contribution < 1.29 is 18.3 Å². The van der Waals surface area contributed by atoms with Crippen LogP contribution in [0.2, 0.25) is 5.02 Å². The molecule has 0 spiro atoms. The molecule has 1 aromatic rings. The molecule has 120 valence electrons. The molecule has 2 fully saturated rings. The lowest BCUT2D eigenvalue weighted by molar-refractivity contribution is -0.149. The van der Waals surface area contributed by atoms with E-state index in [0.717, 1.165) is 12.8 Å². The third-order valence-corrected chi connectivity index (χ3v) is 6.90. The van der Waals surface area contributed by atoms with Crippen molar-refractivity contribution in [2.45, 2.75) is 25.0 Å². The van der Waals surface area contributed by atoms with Crippen LogP contribution in [0.15, 0.2) is 24.3 Å². The molecule has 5 nitrogen and oxygen atoms in total. The second kappa shape index (κ2) is 5.51. The summed E-state index contributed by atoms with van der Waals surface area (Å²) >= 11 is 5.89. The van der Waals surface area contributed by atoms with E-state index in [0.29, 0.717) is 23.6 Å². The van der Waals surface area contributed by atoms with Crippen LogP contribution in [-0.4, -0.2) is 36.9 Å². The van der Waals surface area contributed by atoms with Crippen molar-refractivity contribution in [3.8, 4) is 0 Å². The van der Waals surface area contributed by atoms with E-state index in [1.54, 1.807) is 24.3 Å². The highest BCUT2D eigenvalue weighted by Crippen LogP contribution is 2.49. The summed E-state index contributed by atoms with van der Waals surface area (Å²) in [6.07, 6.45) is 2.21. The normalized spacial score (nSPS) is 28.7. The molecule has 0 unspecified atom stereocenters. The summed E-state index contributed by atoms with van der Waals surface area (Å²) < 4.78 is 26.6. The van der Waals surface area contributed by atoms with E-state index < -0.39 is 21.4 Å². The maximum Gasteiger partial charge on any atom is 0.311 e. The van der Waals surface area contributed by atoms with Gasteiger partial charge in [0.1, 0.15) is 0 Å². The molecule has 0 amide bonds. The first kappa shape index (κ1) is 15.8. The fourth-order valence-corrected chi connectivity index (χ4v) is 5.56. The maximum absolute atomic E-state index is 12.6. The molecule has 1 saturated heterocycles. The zero-order chi connectivity index (χ0) is 16.0. The van der Waals surface area contributed by atoms with Gasteiger partial charge in [-0.2, -0.15) is 0 Å². The SMILES string of the molecule is O=C(O)[C@@]12CCC[C@H]1CN(S(=O)(=O)Cc1cccc(Cl)c1)C2. The number of fused-ring (bicyclic) bond motifs is 1. The van der Waals surface area contributed by atoms with E-state index in [2.05, 4.69) is 0 Å². The Balaban J connectivity index is 1.81. The summed E-state index contributed by atoms with van der Waals surface area (Å²) in [6.45, 7) is 0.408. The number of carboxylic acid groups (broad SMARTS) is 1. The second-order valence-corrected chi connectivity index (χ2v) is 8.63. The summed E-state index contributed by atoms with van der Waals surface area (Å²) in [5.74, 6) is -1.08. The second-order valence-electron chi connectivity index (χ2n) is 6.23. The molecule has 2 atom stereocenters. The number of hydrogen-bond donors (Lipinski definition) is 1. The average molecular weight is 344 g/mol. The smallest absolute Gasteiger partial charge is 0.311 e. The van der Waals surface area contributed by atoms with Gasteiger partial charge in [0.2, 0.25) is 10.0 Å². The van der Waals surface area contributed by atoms with Gasteiger partial charge >= 0.3 is 5.97 Å². The van der Waals surface area contributed by atoms with Gasteiger partial charge < -0.3 is 5.11 Å². The highest BCUT2D eigenvalue weighted by atomic mass is 35.5. The number of sulfonamides is 1. The third kappa shape index (κ3) is 2.64. The van der Waals surface area contributed by atoms with Crippen LogP contribution in [0.1, 0.15) is 24.8 Å². The Labute approximate surface area is 134 Å². The zero-order valence-electron chi connectivity index (χ0n) is 12.0. The lowest BCUT2D eigenvalue weighted by atomic mass is 9.81. The quantitative estimate of drug-likeness (QED) is 0.910. The molecule has 0 radical (unpaired) electrons. The molecule has 0 bridgehead atoms. The minimum atomic E-state index is -3.53. The van der Waals surface area contributed by atoms with Gasteiger partial charge in [0.05, 0.1) is 11.2 Å². The van der Waals surface area contributed by atoms with Gasteiger partial charge in [0.25, 0.3) is 0 Å². The molecule has 1 aliphatic carbocycles. The molecule has 0 aromatic heterocycles. The van der Waals surface area contributed by atoms with Crippen molar-refractivity contribution >= 4 is 27.6 Å². The summed E-state index contributed by atoms with van der Waals surface area (Å²) in [5.41, 5.74) is -0.268. The van der Waals surface area contributed by atoms with Gasteiger partial charge in [0, 0.05) is 18.1 Å². The largest absolute Gasteiger partial charge is 0.481 e. The van der Waals surface area contributed by atoms with Crippen LogP contribution in [0.4, 0.5) is 0 Å². The van der Waals surface area contributed by atoms with Crippen LogP contribution >= 0.6 is 11.6 Å². The Morgan fingerprint density at radius 3 is 2.86 bits per heavy atom. The summed E-state index contributed by atoms with van der Waals surface area (Å²) in [5, 5.41) is 10.0. The van der Waals surface area contributed by atoms with Crippen molar-refractivity contribution in [1.29, 1.82) is 0 Å². The van der Waals surface area contributed by atoms with Gasteiger partial charge in [-0.05, 0) is 36.5 Å². The molecule has 3 rings (SSSR count). The first-order valence-corrected chi connectivity index (χ1v) is 9.28. The highest BCUT2D eigenvalue weighted by Gasteiger charge is 2.56. The first-order chi connectivity index (χ1) is 10.3. The van der Waals surface area contributed by atoms with Crippen molar-refractivity contribution in [2.75, 3.05) is 13.1 Å². The van der Waals surface area contributed by atoms with Gasteiger partial charge in [-0.15, -0.1) is 0 Å². The van der Waals surface area contributed by atoms with E-state index in [9.17, 15) is 18.3 Å². The van der Waals surface area contributed by atoms with Crippen LogP contribution < -0.4 is 0 Å². The lowest BCUT2D eigenvalue weighted by Gasteiger charge is -2.23. The summed E-state index contributed by atoms with van der Waals surface area (Å²) in [4.78, 5) is 11.6. The molecule has 1 saturated carbocycles. The number of halogens is 1. The summed E-state index contributed by atoms with van der Waals surface area (Å²) in [7, 11) is -3.53. The molecule has 1 heterocycles. The van der Waals surface area contributed by atoms with Gasteiger partial charge in [-0.3, -0.25) is 4.79 Å². The van der Waals surface area contributed by atoms with Gasteiger partial charge in [-0.25, -0.2) is 12.7 Å². The average Bonchev–Trinajstić information content (AvgIpc) is 2.95. The van der Waals surface area contributed by atoms with E-state index in [1.165, 1.54) is 4.31 Å².